The van der Waals surface area contributed by atoms with Gasteiger partial charge >= 0.3 is 0 Å². The molecule has 1 aliphatic rings. The summed E-state index contributed by atoms with van der Waals surface area (Å²) in [6, 6.07) is 2.96. The van der Waals surface area contributed by atoms with Gasteiger partial charge in [0.25, 0.3) is 5.91 Å². The highest BCUT2D eigenvalue weighted by Crippen LogP contribution is 2.24. The van der Waals surface area contributed by atoms with Crippen molar-refractivity contribution in [2.75, 3.05) is 24.3 Å². The lowest BCUT2D eigenvalue weighted by Crippen LogP contribution is -2.49. The Hall–Kier alpha value is -1.08. The van der Waals surface area contributed by atoms with Crippen LogP contribution in [-0.2, 0) is 9.84 Å². The molecular weight excluding hydrogens is 313 g/mol. The van der Waals surface area contributed by atoms with Crippen LogP contribution in [0.25, 0.3) is 0 Å². The fraction of sp³-hybridized carbons (Fsp3) is 0.500. The number of sulfone groups is 1. The van der Waals surface area contributed by atoms with Crippen molar-refractivity contribution in [2.45, 2.75) is 19.2 Å². The van der Waals surface area contributed by atoms with Crippen LogP contribution in [0.4, 0.5) is 4.39 Å². The van der Waals surface area contributed by atoms with Crippen molar-refractivity contribution in [1.29, 1.82) is 0 Å². The van der Waals surface area contributed by atoms with Crippen LogP contribution >= 0.6 is 11.8 Å². The molecule has 0 saturated carbocycles. The van der Waals surface area contributed by atoms with Gasteiger partial charge in [-0.05, 0) is 37.1 Å². The van der Waals surface area contributed by atoms with Crippen molar-refractivity contribution in [2.24, 2.45) is 0 Å². The monoisotopic (exact) mass is 331 g/mol. The number of halogens is 1. The number of carbonyl (C=O) groups is 1. The number of nitrogens with zero attached hydrogens (tertiary/aromatic N) is 1. The van der Waals surface area contributed by atoms with Gasteiger partial charge in [-0.3, -0.25) is 4.79 Å². The van der Waals surface area contributed by atoms with Crippen LogP contribution in [0.1, 0.15) is 21.5 Å². The summed E-state index contributed by atoms with van der Waals surface area (Å²) in [7, 11) is -3.35. The lowest BCUT2D eigenvalue weighted by molar-refractivity contribution is 0.0749. The average Bonchev–Trinajstić information content (AvgIpc) is 2.42. The molecule has 1 heterocycles. The summed E-state index contributed by atoms with van der Waals surface area (Å²) in [4.78, 5) is 14.0. The largest absolute Gasteiger partial charge is 0.320 e. The van der Waals surface area contributed by atoms with Gasteiger partial charge in [0.15, 0.2) is 9.84 Å². The number of hydrogen-bond acceptors (Lipinski definition) is 4. The number of carbonyl (C=O) groups excluding carboxylic acids is 1. The molecule has 1 aliphatic heterocycles. The van der Waals surface area contributed by atoms with Gasteiger partial charge in [-0.2, -0.15) is 11.8 Å². The smallest absolute Gasteiger partial charge is 0.254 e. The summed E-state index contributed by atoms with van der Waals surface area (Å²) < 4.78 is 37.4. The number of thioether (sulfide) groups is 1. The van der Waals surface area contributed by atoms with E-state index >= 15 is 0 Å². The summed E-state index contributed by atoms with van der Waals surface area (Å²) in [6.45, 7) is 3.58. The van der Waals surface area contributed by atoms with E-state index in [1.807, 2.05) is 0 Å². The second-order valence-electron chi connectivity index (χ2n) is 5.28. The Labute approximate surface area is 128 Å². The zero-order chi connectivity index (χ0) is 15.8. The first-order valence-corrected chi connectivity index (χ1v) is 9.67. The fourth-order valence-corrected chi connectivity index (χ4v) is 5.22. The molecule has 1 aromatic rings. The van der Waals surface area contributed by atoms with E-state index in [9.17, 15) is 17.6 Å². The standard InChI is InChI=1S/C14H18FNO3S2/c1-9-6-11(7-10(2)13(9)15)14(17)16-4-5-20-8-12(16)21(3,18)19/h6-7,12H,4-5,8H2,1-3H3. The molecule has 116 valence electrons. The molecule has 0 aliphatic carbocycles. The zero-order valence-corrected chi connectivity index (χ0v) is 13.9. The van der Waals surface area contributed by atoms with Gasteiger partial charge in [-0.25, -0.2) is 12.8 Å². The minimum Gasteiger partial charge on any atom is -0.320 e. The fourth-order valence-electron chi connectivity index (χ4n) is 2.40. The second kappa shape index (κ2) is 5.96. The number of rotatable bonds is 2. The van der Waals surface area contributed by atoms with E-state index in [1.165, 1.54) is 28.8 Å². The molecule has 0 spiro atoms. The van der Waals surface area contributed by atoms with Crippen molar-refractivity contribution in [3.8, 4) is 0 Å². The zero-order valence-electron chi connectivity index (χ0n) is 12.2. The molecule has 7 heteroatoms. The molecule has 21 heavy (non-hydrogen) atoms. The van der Waals surface area contributed by atoms with Crippen LogP contribution in [-0.4, -0.2) is 48.9 Å². The van der Waals surface area contributed by atoms with Gasteiger partial charge in [0, 0.05) is 29.9 Å². The maximum atomic E-state index is 13.7. The Morgan fingerprint density at radius 1 is 1.33 bits per heavy atom. The first-order valence-electron chi connectivity index (χ1n) is 6.56. The van der Waals surface area contributed by atoms with Crippen LogP contribution in [0.15, 0.2) is 12.1 Å². The van der Waals surface area contributed by atoms with Crippen molar-refractivity contribution in [3.05, 3.63) is 34.6 Å². The molecule has 0 N–H and O–H groups in total. The predicted octanol–water partition coefficient (Wildman–Crippen LogP) is 2.00. The van der Waals surface area contributed by atoms with Gasteiger partial charge < -0.3 is 4.90 Å². The number of aryl methyl sites for hydroxylation is 2. The molecule has 1 amide bonds. The van der Waals surface area contributed by atoms with Gasteiger partial charge in [-0.1, -0.05) is 0 Å². The molecule has 1 unspecified atom stereocenters. The summed E-state index contributed by atoms with van der Waals surface area (Å²) in [5, 5.41) is -0.811. The van der Waals surface area contributed by atoms with Gasteiger partial charge in [0.05, 0.1) is 0 Å². The summed E-state index contributed by atoms with van der Waals surface area (Å²) in [5.41, 5.74) is 1.12. The van der Waals surface area contributed by atoms with Crippen molar-refractivity contribution in [1.82, 2.24) is 4.90 Å². The van der Waals surface area contributed by atoms with E-state index in [0.29, 0.717) is 34.7 Å². The molecule has 0 aromatic heterocycles. The number of hydrogen-bond donors (Lipinski definition) is 0. The molecule has 1 saturated heterocycles. The van der Waals surface area contributed by atoms with Crippen molar-refractivity contribution >= 4 is 27.5 Å². The quantitative estimate of drug-likeness (QED) is 0.832. The predicted molar refractivity (Wildman–Crippen MR) is 82.9 cm³/mol. The first-order chi connectivity index (χ1) is 9.71. The van der Waals surface area contributed by atoms with E-state index < -0.39 is 15.2 Å². The Kier molecular flexibility index (Phi) is 4.63. The molecule has 1 aromatic carbocycles. The third-order valence-corrected chi connectivity index (χ3v) is 6.17. The third kappa shape index (κ3) is 3.40. The Morgan fingerprint density at radius 2 is 1.90 bits per heavy atom. The van der Waals surface area contributed by atoms with E-state index in [0.717, 1.165) is 6.26 Å². The molecular formula is C14H18FNO3S2. The minimum absolute atomic E-state index is 0.333. The summed E-state index contributed by atoms with van der Waals surface area (Å²) in [6.07, 6.45) is 1.14. The maximum absolute atomic E-state index is 13.7. The molecule has 2 rings (SSSR count). The maximum Gasteiger partial charge on any atom is 0.254 e. The van der Waals surface area contributed by atoms with Gasteiger partial charge in [0.1, 0.15) is 11.2 Å². The normalized spacial score (nSPS) is 19.6. The van der Waals surface area contributed by atoms with Gasteiger partial charge in [0.2, 0.25) is 0 Å². The Balaban J connectivity index is 2.38. The Bertz CT molecular complexity index is 650. The van der Waals surface area contributed by atoms with Crippen LogP contribution < -0.4 is 0 Å². The third-order valence-electron chi connectivity index (χ3n) is 3.52. The first kappa shape index (κ1) is 16.3. The molecule has 0 radical (unpaired) electrons. The SMILES string of the molecule is Cc1cc(C(=O)N2CCSCC2S(C)(=O)=O)cc(C)c1F. The van der Waals surface area contributed by atoms with Crippen LogP contribution in [0.2, 0.25) is 0 Å². The average molecular weight is 331 g/mol. The topological polar surface area (TPSA) is 54.5 Å². The summed E-state index contributed by atoms with van der Waals surface area (Å²) >= 11 is 1.52. The van der Waals surface area contributed by atoms with Crippen molar-refractivity contribution < 1.29 is 17.6 Å². The Morgan fingerprint density at radius 3 is 2.43 bits per heavy atom. The van der Waals surface area contributed by atoms with Crippen molar-refractivity contribution in [3.63, 3.8) is 0 Å². The van der Waals surface area contributed by atoms with Crippen LogP contribution in [0, 0.1) is 19.7 Å². The summed E-state index contributed by atoms with van der Waals surface area (Å²) in [5.74, 6) is 0.401. The number of amides is 1. The van der Waals surface area contributed by atoms with E-state index in [4.69, 9.17) is 0 Å². The molecule has 4 nitrogen and oxygen atoms in total. The van der Waals surface area contributed by atoms with Crippen LogP contribution in [0.3, 0.4) is 0 Å². The highest BCUT2D eigenvalue weighted by atomic mass is 32.2. The highest BCUT2D eigenvalue weighted by Gasteiger charge is 2.34. The van der Waals surface area contributed by atoms with E-state index in [-0.39, 0.29) is 11.7 Å². The second-order valence-corrected chi connectivity index (χ2v) is 8.63. The molecule has 0 bridgehead atoms. The lowest BCUT2D eigenvalue weighted by Gasteiger charge is -2.34. The minimum atomic E-state index is -3.35. The number of benzene rings is 1. The molecule has 1 fully saturated rings. The van der Waals surface area contributed by atoms with E-state index in [2.05, 4.69) is 0 Å². The van der Waals surface area contributed by atoms with E-state index in [1.54, 1.807) is 13.8 Å². The van der Waals surface area contributed by atoms with Crippen LogP contribution in [0.5, 0.6) is 0 Å². The van der Waals surface area contributed by atoms with Gasteiger partial charge in [-0.15, -0.1) is 0 Å². The highest BCUT2D eigenvalue weighted by molar-refractivity contribution is 8.00. The lowest BCUT2D eigenvalue weighted by atomic mass is 10.1. The molecule has 1 atom stereocenters.